The quantitative estimate of drug-likeness (QED) is 0.559. The molecule has 0 spiro atoms. The molecule has 1 saturated heterocycles. The van der Waals surface area contributed by atoms with Crippen LogP contribution in [-0.2, 0) is 19.9 Å². The van der Waals surface area contributed by atoms with Gasteiger partial charge in [0.2, 0.25) is 11.8 Å². The molecule has 5 rings (SSSR count). The summed E-state index contributed by atoms with van der Waals surface area (Å²) in [5.41, 5.74) is 1.28. The number of hydrogen-bond acceptors (Lipinski definition) is 7. The summed E-state index contributed by atoms with van der Waals surface area (Å²) in [7, 11) is -0.550. The Hall–Kier alpha value is -2.93. The average Bonchev–Trinajstić information content (AvgIpc) is 3.54. The normalized spacial score (nSPS) is 25.9. The molecule has 1 N–H and O–H groups in total. The van der Waals surface area contributed by atoms with Gasteiger partial charge in [0.1, 0.15) is 11.7 Å². The summed E-state index contributed by atoms with van der Waals surface area (Å²) in [6.07, 6.45) is 1.07. The Kier molecular flexibility index (Phi) is 7.25. The van der Waals surface area contributed by atoms with Gasteiger partial charge in [-0.05, 0) is 44.2 Å². The number of carbonyl (C=O) groups excluding carboxylic acids is 1. The van der Waals surface area contributed by atoms with Crippen molar-refractivity contribution in [2.24, 2.45) is 10.3 Å². The number of oxazole rings is 1. The number of amides is 1. The molecule has 2 saturated carbocycles. The van der Waals surface area contributed by atoms with Crippen LogP contribution in [0.5, 0.6) is 0 Å². The largest absolute Gasteiger partial charge is 0.440 e. The molecular weight excluding hydrogens is 517 g/mol. The Labute approximate surface area is 230 Å². The molecule has 210 valence electrons. The average molecular weight is 556 g/mol. The highest BCUT2D eigenvalue weighted by atomic mass is 32.2. The smallest absolute Gasteiger partial charge is 0.225 e. The standard InChI is InChI=1S/C29H38FN5O3S/c1-28(2,3)27-33-24(20-10-9-19(30)17-22(20)26(36)34-29(18-31)11-12-29)25(38-27)21-7-5-6-8-23(21)35-13-15-39(37,32-4)16-14-35/h5-8,19-20,22H,9-17H2,1-4H3,(H,34,36)/t19-,20+,22+/m0/s1. The van der Waals surface area contributed by atoms with E-state index in [9.17, 15) is 18.7 Å². The number of alkyl halides is 1. The van der Waals surface area contributed by atoms with Crippen molar-refractivity contribution in [2.45, 2.75) is 75.9 Å². The maximum absolute atomic E-state index is 14.7. The number of para-hydroxylation sites is 1. The van der Waals surface area contributed by atoms with E-state index in [1.807, 2.05) is 45.0 Å². The molecule has 3 atom stereocenters. The van der Waals surface area contributed by atoms with E-state index >= 15 is 0 Å². The zero-order chi connectivity index (χ0) is 28.0. The second-order valence-electron chi connectivity index (χ2n) is 12.2. The lowest BCUT2D eigenvalue weighted by atomic mass is 9.75. The van der Waals surface area contributed by atoms with Crippen LogP contribution in [0.25, 0.3) is 11.3 Å². The maximum atomic E-state index is 14.7. The van der Waals surface area contributed by atoms with Crippen molar-refractivity contribution < 1.29 is 17.8 Å². The highest BCUT2D eigenvalue weighted by Gasteiger charge is 2.48. The Bertz CT molecular complexity index is 1400. The summed E-state index contributed by atoms with van der Waals surface area (Å²) >= 11 is 0. The van der Waals surface area contributed by atoms with Gasteiger partial charge >= 0.3 is 0 Å². The number of benzene rings is 1. The van der Waals surface area contributed by atoms with Crippen molar-refractivity contribution in [3.8, 4) is 17.4 Å². The minimum atomic E-state index is -2.18. The van der Waals surface area contributed by atoms with Crippen LogP contribution in [0, 0.1) is 17.2 Å². The summed E-state index contributed by atoms with van der Waals surface area (Å²) in [4.78, 5) is 20.7. The van der Waals surface area contributed by atoms with Gasteiger partial charge < -0.3 is 14.6 Å². The Morgan fingerprint density at radius 2 is 1.95 bits per heavy atom. The van der Waals surface area contributed by atoms with Crippen molar-refractivity contribution in [3.05, 3.63) is 35.9 Å². The minimum Gasteiger partial charge on any atom is -0.440 e. The molecule has 3 aliphatic rings. The van der Waals surface area contributed by atoms with Gasteiger partial charge in [-0.2, -0.15) is 5.26 Å². The van der Waals surface area contributed by atoms with Crippen LogP contribution in [0.15, 0.2) is 33.0 Å². The third kappa shape index (κ3) is 5.56. The van der Waals surface area contributed by atoms with Crippen LogP contribution < -0.4 is 10.2 Å². The first-order chi connectivity index (χ1) is 18.5. The van der Waals surface area contributed by atoms with Gasteiger partial charge in [-0.25, -0.2) is 17.9 Å². The molecule has 2 aromatic rings. The third-order valence-corrected chi connectivity index (χ3v) is 10.6. The van der Waals surface area contributed by atoms with E-state index in [4.69, 9.17) is 9.40 Å². The highest BCUT2D eigenvalue weighted by Crippen LogP contribution is 2.46. The molecule has 1 aliphatic heterocycles. The number of anilines is 1. The predicted molar refractivity (Wildman–Crippen MR) is 150 cm³/mol. The van der Waals surface area contributed by atoms with E-state index in [1.54, 1.807) is 7.05 Å². The first-order valence-electron chi connectivity index (χ1n) is 13.8. The number of nitriles is 1. The zero-order valence-electron chi connectivity index (χ0n) is 23.2. The second kappa shape index (κ2) is 10.2. The summed E-state index contributed by atoms with van der Waals surface area (Å²) in [5.74, 6) is 0.891. The monoisotopic (exact) mass is 555 g/mol. The molecule has 1 amide bonds. The second-order valence-corrected chi connectivity index (χ2v) is 14.9. The first-order valence-corrected chi connectivity index (χ1v) is 15.7. The first kappa shape index (κ1) is 27.6. The van der Waals surface area contributed by atoms with Gasteiger partial charge in [0, 0.05) is 69.9 Å². The number of halogens is 1. The molecular formula is C29H38FN5O3S. The Morgan fingerprint density at radius 3 is 2.56 bits per heavy atom. The van der Waals surface area contributed by atoms with Gasteiger partial charge in [0.05, 0.1) is 11.8 Å². The fourth-order valence-corrected chi connectivity index (χ4v) is 7.22. The third-order valence-electron chi connectivity index (χ3n) is 8.28. The minimum absolute atomic E-state index is 0.0950. The number of hydrogen-bond donors (Lipinski definition) is 1. The number of nitrogens with zero attached hydrogens (tertiary/aromatic N) is 4. The summed E-state index contributed by atoms with van der Waals surface area (Å²) in [6.45, 7) is 7.30. The fourth-order valence-electron chi connectivity index (χ4n) is 5.64. The Balaban J connectivity index is 1.56. The van der Waals surface area contributed by atoms with E-state index in [2.05, 4.69) is 20.6 Å². The fraction of sp³-hybridized carbons (Fsp3) is 0.621. The van der Waals surface area contributed by atoms with E-state index < -0.39 is 27.4 Å². The molecule has 39 heavy (non-hydrogen) atoms. The predicted octanol–water partition coefficient (Wildman–Crippen LogP) is 4.95. The molecule has 0 bridgehead atoms. The molecule has 8 nitrogen and oxygen atoms in total. The molecule has 3 fully saturated rings. The van der Waals surface area contributed by atoms with Crippen molar-refractivity contribution in [1.82, 2.24) is 10.3 Å². The lowest BCUT2D eigenvalue weighted by molar-refractivity contribution is -0.128. The molecule has 10 heteroatoms. The van der Waals surface area contributed by atoms with E-state index in [1.165, 1.54) is 0 Å². The zero-order valence-corrected chi connectivity index (χ0v) is 24.0. The molecule has 2 heterocycles. The van der Waals surface area contributed by atoms with Crippen LogP contribution in [-0.4, -0.2) is 58.5 Å². The molecule has 1 aromatic heterocycles. The molecule has 1 aromatic carbocycles. The van der Waals surface area contributed by atoms with Crippen molar-refractivity contribution in [2.75, 3.05) is 36.5 Å². The van der Waals surface area contributed by atoms with Crippen molar-refractivity contribution >= 4 is 21.3 Å². The van der Waals surface area contributed by atoms with Gasteiger partial charge in [-0.3, -0.25) is 4.79 Å². The number of carbonyl (C=O) groups is 1. The topological polar surface area (TPSA) is 112 Å². The van der Waals surface area contributed by atoms with Gasteiger partial charge in [-0.1, -0.05) is 32.9 Å². The lowest BCUT2D eigenvalue weighted by Gasteiger charge is -2.33. The molecule has 0 radical (unpaired) electrons. The van der Waals surface area contributed by atoms with Crippen LogP contribution >= 0.6 is 0 Å². The van der Waals surface area contributed by atoms with E-state index in [-0.39, 0.29) is 23.7 Å². The van der Waals surface area contributed by atoms with Crippen LogP contribution in [0.1, 0.15) is 70.4 Å². The lowest BCUT2D eigenvalue weighted by Crippen LogP contribution is -2.44. The van der Waals surface area contributed by atoms with Crippen molar-refractivity contribution in [1.29, 1.82) is 5.26 Å². The summed E-state index contributed by atoms with van der Waals surface area (Å²) in [5, 5.41) is 12.4. The van der Waals surface area contributed by atoms with Crippen LogP contribution in [0.4, 0.5) is 10.1 Å². The van der Waals surface area contributed by atoms with Gasteiger partial charge in [0.25, 0.3) is 0 Å². The van der Waals surface area contributed by atoms with E-state index in [0.29, 0.717) is 67.6 Å². The van der Waals surface area contributed by atoms with Gasteiger partial charge in [-0.15, -0.1) is 0 Å². The number of rotatable bonds is 5. The van der Waals surface area contributed by atoms with Crippen LogP contribution in [0.3, 0.4) is 0 Å². The molecule has 0 unspecified atom stereocenters. The Morgan fingerprint density at radius 1 is 1.26 bits per heavy atom. The van der Waals surface area contributed by atoms with Gasteiger partial charge in [0.15, 0.2) is 5.76 Å². The molecule has 2 aliphatic carbocycles. The maximum Gasteiger partial charge on any atom is 0.225 e. The summed E-state index contributed by atoms with van der Waals surface area (Å²) < 4.78 is 38.2. The van der Waals surface area contributed by atoms with E-state index in [0.717, 1.165) is 11.3 Å². The number of nitrogens with one attached hydrogen (secondary N) is 1. The number of aromatic nitrogens is 1. The van der Waals surface area contributed by atoms with Crippen molar-refractivity contribution in [3.63, 3.8) is 0 Å². The SMILES string of the molecule is CN=S1(=O)CCN(c2ccccc2-c2oc(C(C)(C)C)nc2[C@@H]2CC[C@H](F)C[C@H]2C(=O)NC2(C#N)CC2)CC1. The van der Waals surface area contributed by atoms with Crippen LogP contribution in [0.2, 0.25) is 0 Å². The summed E-state index contributed by atoms with van der Waals surface area (Å²) in [6, 6.07) is 10.1. The highest BCUT2D eigenvalue weighted by molar-refractivity contribution is 7.93.